The van der Waals surface area contributed by atoms with Gasteiger partial charge in [0.05, 0.1) is 21.6 Å². The van der Waals surface area contributed by atoms with Gasteiger partial charge in [0, 0.05) is 15.4 Å². The summed E-state index contributed by atoms with van der Waals surface area (Å²) in [6.45, 7) is 1.96. The van der Waals surface area contributed by atoms with Crippen LogP contribution in [0.5, 0.6) is 5.75 Å². The number of aromatic carboxylic acids is 1. The minimum atomic E-state index is -1.11. The molecule has 0 aliphatic rings. The Labute approximate surface area is 196 Å². The predicted octanol–water partition coefficient (Wildman–Crippen LogP) is 6.97. The molecule has 0 atom stereocenters. The lowest BCUT2D eigenvalue weighted by molar-refractivity contribution is 0.0699. The van der Waals surface area contributed by atoms with Crippen molar-refractivity contribution in [2.45, 2.75) is 6.92 Å². The molecule has 0 fully saturated rings. The number of hydrogen-bond donors (Lipinski definition) is 2. The molecule has 29 heavy (non-hydrogen) atoms. The lowest BCUT2D eigenvalue weighted by atomic mass is 10.0. The summed E-state index contributed by atoms with van der Waals surface area (Å²) in [4.78, 5) is 24.9. The average molecular weight is 604 g/mol. The second-order valence-electron chi connectivity index (χ2n) is 6.05. The van der Waals surface area contributed by atoms with Crippen molar-refractivity contribution >= 4 is 76.0 Å². The quantitative estimate of drug-likeness (QED) is 0.309. The zero-order chi connectivity index (χ0) is 21.3. The number of halogens is 3. The van der Waals surface area contributed by atoms with E-state index in [1.54, 1.807) is 11.4 Å². The molecule has 9 heteroatoms. The van der Waals surface area contributed by atoms with Crippen molar-refractivity contribution in [3.05, 3.63) is 65.8 Å². The smallest absolute Gasteiger partial charge is 0.339 e. The predicted molar refractivity (Wildman–Crippen MR) is 125 cm³/mol. The van der Waals surface area contributed by atoms with Crippen molar-refractivity contribution in [3.63, 3.8) is 0 Å². The first-order valence-electron chi connectivity index (χ1n) is 8.19. The summed E-state index contributed by atoms with van der Waals surface area (Å²) < 4.78 is 7.09. The van der Waals surface area contributed by atoms with Crippen LogP contribution in [0.25, 0.3) is 11.1 Å². The van der Waals surface area contributed by atoms with Crippen LogP contribution in [0.4, 0.5) is 5.00 Å². The molecule has 0 aliphatic heterocycles. The van der Waals surface area contributed by atoms with E-state index in [-0.39, 0.29) is 10.6 Å². The molecule has 0 aliphatic carbocycles. The van der Waals surface area contributed by atoms with Gasteiger partial charge in [0.2, 0.25) is 0 Å². The van der Waals surface area contributed by atoms with E-state index in [4.69, 9.17) is 4.74 Å². The number of thiophene rings is 1. The lowest BCUT2D eigenvalue weighted by Gasteiger charge is -2.13. The number of carboxylic acids is 1. The topological polar surface area (TPSA) is 75.6 Å². The summed E-state index contributed by atoms with van der Waals surface area (Å²) in [7, 11) is 1.49. The second-order valence-corrected chi connectivity index (χ2v) is 9.37. The Balaban J connectivity index is 2.01. The van der Waals surface area contributed by atoms with E-state index < -0.39 is 11.9 Å². The summed E-state index contributed by atoms with van der Waals surface area (Å²) in [6.07, 6.45) is 0. The van der Waals surface area contributed by atoms with Crippen LogP contribution in [-0.4, -0.2) is 24.1 Å². The molecule has 3 aromatic rings. The number of nitrogens with one attached hydrogen (secondary N) is 1. The molecule has 1 heterocycles. The van der Waals surface area contributed by atoms with Crippen molar-refractivity contribution in [1.29, 1.82) is 0 Å². The molecule has 0 saturated carbocycles. The zero-order valence-corrected chi connectivity index (χ0v) is 20.8. The number of carbonyl (C=O) groups is 2. The molecule has 0 saturated heterocycles. The van der Waals surface area contributed by atoms with Crippen LogP contribution in [0.2, 0.25) is 0 Å². The highest BCUT2D eigenvalue weighted by molar-refractivity contribution is 9.13. The van der Waals surface area contributed by atoms with Crippen LogP contribution in [0, 0.1) is 6.92 Å². The van der Waals surface area contributed by atoms with Crippen molar-refractivity contribution in [2.24, 2.45) is 0 Å². The largest absolute Gasteiger partial charge is 0.494 e. The standard InChI is InChI=1S/C20H14Br3NO4S/c1-9-3-5-10(6-4-9)12-8-29-19(14(12)20(26)27)24-18(25)11-7-13(21)16(23)17(28-2)15(11)22/h3-8H,1-2H3,(H,24,25)(H,26,27). The molecular weight excluding hydrogens is 590 g/mol. The first-order chi connectivity index (χ1) is 13.7. The molecule has 1 aromatic heterocycles. The Hall–Kier alpha value is -1.68. The second kappa shape index (κ2) is 8.99. The molecule has 1 amide bonds. The van der Waals surface area contributed by atoms with Crippen LogP contribution in [0.1, 0.15) is 26.3 Å². The average Bonchev–Trinajstić information content (AvgIpc) is 3.09. The van der Waals surface area contributed by atoms with Gasteiger partial charge in [-0.2, -0.15) is 0 Å². The molecule has 150 valence electrons. The fourth-order valence-corrected chi connectivity index (χ4v) is 5.46. The summed E-state index contributed by atoms with van der Waals surface area (Å²) in [5.41, 5.74) is 2.78. The number of rotatable bonds is 5. The third-order valence-corrected chi connectivity index (χ3v) is 7.79. The molecule has 0 bridgehead atoms. The monoisotopic (exact) mass is 601 g/mol. The Bertz CT molecular complexity index is 1110. The van der Waals surface area contributed by atoms with Gasteiger partial charge in [-0.05, 0) is 66.3 Å². The number of benzene rings is 2. The normalized spacial score (nSPS) is 10.7. The highest BCUT2D eigenvalue weighted by Gasteiger charge is 2.24. The highest BCUT2D eigenvalue weighted by Crippen LogP contribution is 2.42. The first-order valence-corrected chi connectivity index (χ1v) is 11.4. The molecule has 0 unspecified atom stereocenters. The number of ether oxygens (including phenoxy) is 1. The van der Waals surface area contributed by atoms with Gasteiger partial charge in [0.25, 0.3) is 5.91 Å². The number of carboxylic acid groups (broad SMARTS) is 1. The van der Waals surface area contributed by atoms with Gasteiger partial charge in [0.1, 0.15) is 16.3 Å². The number of anilines is 1. The van der Waals surface area contributed by atoms with Crippen LogP contribution < -0.4 is 10.1 Å². The van der Waals surface area contributed by atoms with Crippen molar-refractivity contribution < 1.29 is 19.4 Å². The fourth-order valence-electron chi connectivity index (χ4n) is 2.70. The maximum Gasteiger partial charge on any atom is 0.339 e. The van der Waals surface area contributed by atoms with Gasteiger partial charge >= 0.3 is 5.97 Å². The molecular formula is C20H14Br3NO4S. The number of aryl methyl sites for hydroxylation is 1. The number of carbonyl (C=O) groups excluding carboxylic acids is 1. The zero-order valence-electron chi connectivity index (χ0n) is 15.2. The third-order valence-electron chi connectivity index (χ3n) is 4.16. The number of methoxy groups -OCH3 is 1. The fraction of sp³-hybridized carbons (Fsp3) is 0.100. The summed E-state index contributed by atoms with van der Waals surface area (Å²) >= 11 is 11.3. The lowest BCUT2D eigenvalue weighted by Crippen LogP contribution is -2.14. The van der Waals surface area contributed by atoms with Gasteiger partial charge in [-0.1, -0.05) is 29.8 Å². The molecule has 0 spiro atoms. The van der Waals surface area contributed by atoms with Crippen molar-refractivity contribution in [3.8, 4) is 16.9 Å². The van der Waals surface area contributed by atoms with Gasteiger partial charge in [-0.3, -0.25) is 4.79 Å². The Morgan fingerprint density at radius 1 is 1.10 bits per heavy atom. The maximum atomic E-state index is 12.9. The summed E-state index contributed by atoms with van der Waals surface area (Å²) in [6, 6.07) is 9.19. The van der Waals surface area contributed by atoms with E-state index in [1.165, 1.54) is 18.4 Å². The van der Waals surface area contributed by atoms with Gasteiger partial charge in [0.15, 0.2) is 0 Å². The number of hydrogen-bond acceptors (Lipinski definition) is 4. The summed E-state index contributed by atoms with van der Waals surface area (Å²) in [5, 5.41) is 14.5. The van der Waals surface area contributed by atoms with Crippen molar-refractivity contribution in [2.75, 3.05) is 12.4 Å². The number of amides is 1. The molecule has 5 nitrogen and oxygen atoms in total. The van der Waals surface area contributed by atoms with Crippen LogP contribution in [0.3, 0.4) is 0 Å². The molecule has 3 rings (SSSR count). The Morgan fingerprint density at radius 2 is 1.76 bits per heavy atom. The molecule has 2 N–H and O–H groups in total. The van der Waals surface area contributed by atoms with E-state index in [2.05, 4.69) is 53.1 Å². The molecule has 0 radical (unpaired) electrons. The van der Waals surface area contributed by atoms with Gasteiger partial charge in [-0.15, -0.1) is 11.3 Å². The van der Waals surface area contributed by atoms with E-state index in [1.807, 2.05) is 31.2 Å². The van der Waals surface area contributed by atoms with Gasteiger partial charge < -0.3 is 15.2 Å². The van der Waals surface area contributed by atoms with Crippen LogP contribution >= 0.6 is 59.1 Å². The highest BCUT2D eigenvalue weighted by atomic mass is 79.9. The van der Waals surface area contributed by atoms with E-state index in [0.717, 1.165) is 11.1 Å². The van der Waals surface area contributed by atoms with E-state index >= 15 is 0 Å². The minimum Gasteiger partial charge on any atom is -0.494 e. The van der Waals surface area contributed by atoms with E-state index in [0.29, 0.717) is 30.3 Å². The SMILES string of the molecule is COc1c(Br)c(Br)cc(C(=O)Nc2scc(-c3ccc(C)cc3)c2C(=O)O)c1Br. The Morgan fingerprint density at radius 3 is 2.34 bits per heavy atom. The Kier molecular flexibility index (Phi) is 6.83. The first kappa shape index (κ1) is 22.0. The summed E-state index contributed by atoms with van der Waals surface area (Å²) in [5.74, 6) is -1.11. The van der Waals surface area contributed by atoms with Gasteiger partial charge in [-0.25, -0.2) is 4.79 Å². The molecule has 2 aromatic carbocycles. The van der Waals surface area contributed by atoms with Crippen LogP contribution in [0.15, 0.2) is 49.1 Å². The maximum absolute atomic E-state index is 12.9. The third kappa shape index (κ3) is 4.42. The van der Waals surface area contributed by atoms with Crippen molar-refractivity contribution in [1.82, 2.24) is 0 Å². The van der Waals surface area contributed by atoms with E-state index in [9.17, 15) is 14.7 Å². The van der Waals surface area contributed by atoms with Crippen LogP contribution in [-0.2, 0) is 0 Å². The minimum absolute atomic E-state index is 0.0615.